The summed E-state index contributed by atoms with van der Waals surface area (Å²) in [5, 5.41) is 29.2. The van der Waals surface area contributed by atoms with Gasteiger partial charge < -0.3 is 159 Å². The Labute approximate surface area is 494 Å². The van der Waals surface area contributed by atoms with E-state index in [1.54, 1.807) is 0 Å². The summed E-state index contributed by atoms with van der Waals surface area (Å²) in [6.45, 7) is -1.38. The van der Waals surface area contributed by atoms with Crippen molar-refractivity contribution in [1.29, 1.82) is 0 Å². The largest absolute Gasteiger partial charge is 0.648 e. The molecule has 0 radical (unpaired) electrons. The van der Waals surface area contributed by atoms with Crippen molar-refractivity contribution < 1.29 is 104 Å². The molecule has 0 bridgehead atoms. The molecule has 0 saturated carbocycles. The van der Waals surface area contributed by atoms with E-state index in [1.807, 2.05) is 0 Å². The molecule has 2 aromatic carbocycles. The Morgan fingerprint density at radius 1 is 0.280 bits per heavy atom. The number of aromatic nitrogens is 8. The van der Waals surface area contributed by atoms with E-state index in [0.717, 1.165) is 48.5 Å². The van der Waals surface area contributed by atoms with Gasteiger partial charge in [0.05, 0.1) is 69.5 Å². The van der Waals surface area contributed by atoms with Crippen LogP contribution >= 0.6 is 0 Å². The molecule has 4 aromatic rings. The first-order valence-corrected chi connectivity index (χ1v) is 21.3. The van der Waals surface area contributed by atoms with Crippen LogP contribution in [0.5, 0.6) is 0 Å². The summed E-state index contributed by atoms with van der Waals surface area (Å²) in [6.07, 6.45) is 1.33. The fourth-order valence-electron chi connectivity index (χ4n) is 5.39. The number of fused-ring (bicyclic) bond motifs is 4. The van der Waals surface area contributed by atoms with Gasteiger partial charge in [-0.25, -0.2) is 0 Å². The molecule has 0 saturated heterocycles. The second-order valence-corrected chi connectivity index (χ2v) is 14.2. The Hall–Kier alpha value is -9.51. The molecule has 2 aliphatic heterocycles. The number of hydrogen-bond acceptors (Lipinski definition) is 18. The Bertz CT molecular complexity index is 3360. The van der Waals surface area contributed by atoms with Gasteiger partial charge in [-0.15, -0.1) is 26.2 Å². The molecule has 0 fully saturated rings. The summed E-state index contributed by atoms with van der Waals surface area (Å²) >= 11 is 0. The second-order valence-electron chi connectivity index (χ2n) is 14.2. The summed E-state index contributed by atoms with van der Waals surface area (Å²) in [5.41, 5.74) is -11.3. The molecule has 0 unspecified atom stereocenters. The van der Waals surface area contributed by atoms with E-state index in [4.69, 9.17) is 9.93 Å². The predicted molar refractivity (Wildman–Crippen MR) is 265 cm³/mol. The van der Waals surface area contributed by atoms with Gasteiger partial charge in [-0.2, -0.15) is 69.6 Å². The summed E-state index contributed by atoms with van der Waals surface area (Å²) in [5.74, 6) is -7.85. The fourth-order valence-corrected chi connectivity index (χ4v) is 5.39. The molecule has 8 amide bonds. The van der Waals surface area contributed by atoms with Gasteiger partial charge in [-0.05, 0) is 25.7 Å². The van der Waals surface area contributed by atoms with E-state index in [0.29, 0.717) is 24.8 Å². The maximum atomic E-state index is 12.4. The zero-order chi connectivity index (χ0) is 57.3. The first kappa shape index (κ1) is 72.5. The summed E-state index contributed by atoms with van der Waals surface area (Å²) in [4.78, 5) is 233. The van der Waals surface area contributed by atoms with Gasteiger partial charge in [-0.3, -0.25) is 0 Å². The number of amides is 8. The fraction of sp³-hybridized carbons (Fsp3) is 0.182. The number of hydrogen-bond donors (Lipinski definition) is 0. The standard InChI is InChI=1S/C22H26N8O8.C22H18N8O8.4Ni.O2/c2*31-15-1-5-23-19(35)20(36)24-6-2-16(32)28-12-10-14-13(9-11(12)27-15)29-17(33)3-7-25-21(37)22(38)26-8-4-18(34)30-14;;;;;1-2/h9-10H,1-8H2,(H8,23,24,25,26,27,28,29,30,31,32,33,34,35,36,37,38);1-10H,(H8,23,24,25,26,27,28,29,30,31,32,33,34,35,36,37,38);;;;;/p-16. The van der Waals surface area contributed by atoms with E-state index < -0.39 is 91.7 Å². The Balaban J connectivity index is 0.00000148. The van der Waals surface area contributed by atoms with Crippen molar-refractivity contribution in [2.45, 2.75) is 25.7 Å². The SMILES string of the molecule is O=C1CC[N-]C(=O)C(=O)[N-]CCC(=O)[N-]c2cc3c(cc2[N-]1)[N-]C(=O)CC[N-]C(=O)C(=O)[N-]CCC(=O)[N-]3.O=O.O=c1cc[n-]c(=O)c(=O)[n-]ccc(=O)[n-]c2cc3[n-]c(=O)cc[n-]c(=O)c(=O)[n-]ccc(=O)[n-]c3cc2[n-]1.[Ni].[Ni].[Ni].[Ni]. The molecule has 34 nitrogen and oxygen atoms in total. The molecule has 0 atom stereocenters. The van der Waals surface area contributed by atoms with Gasteiger partial charge in [0, 0.05) is 75.9 Å². The van der Waals surface area contributed by atoms with Gasteiger partial charge in [0.15, 0.2) is 0 Å². The van der Waals surface area contributed by atoms with Crippen LogP contribution < -0.4 is 84.3 Å². The van der Waals surface area contributed by atoms with Crippen LogP contribution in [0.15, 0.2) is 112 Å². The van der Waals surface area contributed by atoms with Gasteiger partial charge in [0.1, 0.15) is 22.2 Å². The number of rotatable bonds is 0. The molecule has 2 aliphatic rings. The van der Waals surface area contributed by atoms with Crippen LogP contribution in [-0.4, -0.2) is 73.4 Å². The van der Waals surface area contributed by atoms with Crippen LogP contribution in [-0.2, 0) is 104 Å². The van der Waals surface area contributed by atoms with Crippen molar-refractivity contribution in [3.63, 3.8) is 0 Å². The molecular formula is C44H28N16Ni4O18-16. The van der Waals surface area contributed by atoms with E-state index in [2.05, 4.69) is 82.4 Å². The minimum atomic E-state index is -1.32. The van der Waals surface area contributed by atoms with Crippen molar-refractivity contribution in [1.82, 2.24) is 39.9 Å². The number of nitrogens with zero attached hydrogens (tertiary/aromatic N) is 16. The maximum Gasteiger partial charge on any atom is 0.103 e. The molecular weight excluding hydrogens is 1280 g/mol. The Morgan fingerprint density at radius 2 is 0.476 bits per heavy atom. The maximum absolute atomic E-state index is 12.4. The third-order valence-electron chi connectivity index (χ3n) is 8.74. The van der Waals surface area contributed by atoms with E-state index in [1.165, 1.54) is 0 Å². The minimum Gasteiger partial charge on any atom is -0.648 e. The summed E-state index contributed by atoms with van der Waals surface area (Å²) in [6, 6.07) is 7.14. The van der Waals surface area contributed by atoms with Crippen LogP contribution in [0.2, 0.25) is 0 Å². The van der Waals surface area contributed by atoms with E-state index >= 15 is 0 Å². The third-order valence-corrected chi connectivity index (χ3v) is 8.74. The van der Waals surface area contributed by atoms with Crippen molar-refractivity contribution in [3.05, 3.63) is 209 Å². The summed E-state index contributed by atoms with van der Waals surface area (Å²) < 4.78 is 0. The molecule has 6 rings (SSSR count). The Morgan fingerprint density at radius 3 is 0.671 bits per heavy atom. The van der Waals surface area contributed by atoms with Crippen LogP contribution in [0.25, 0.3) is 64.6 Å². The summed E-state index contributed by atoms with van der Waals surface area (Å²) in [7, 11) is 0. The van der Waals surface area contributed by atoms with Gasteiger partial charge in [-0.1, -0.05) is 48.5 Å². The van der Waals surface area contributed by atoms with Crippen molar-refractivity contribution in [3.8, 4) is 0 Å². The zero-order valence-corrected chi connectivity index (χ0v) is 44.3. The van der Waals surface area contributed by atoms with Gasteiger partial charge in [0.25, 0.3) is 0 Å². The molecule has 0 spiro atoms. The van der Waals surface area contributed by atoms with Crippen molar-refractivity contribution >= 4 is 92.1 Å². The molecule has 82 heavy (non-hydrogen) atoms. The quantitative estimate of drug-likeness (QED) is 0.137. The average Bonchev–Trinajstić information content (AvgIpc) is 3.38. The predicted octanol–water partition coefficient (Wildman–Crippen LogP) is -1.91. The molecule has 2 aromatic heterocycles. The van der Waals surface area contributed by atoms with Crippen molar-refractivity contribution in [2.75, 3.05) is 26.2 Å². The zero-order valence-electron chi connectivity index (χ0n) is 40.4. The van der Waals surface area contributed by atoms with Crippen LogP contribution in [0.1, 0.15) is 25.7 Å². The van der Waals surface area contributed by atoms with E-state index in [9.17, 15) is 76.7 Å². The van der Waals surface area contributed by atoms with Gasteiger partial charge >= 0.3 is 0 Å². The molecule has 4 heterocycles. The molecule has 448 valence electrons. The van der Waals surface area contributed by atoms with E-state index in [-0.39, 0.29) is 163 Å². The molecule has 38 heteroatoms. The minimum absolute atomic E-state index is 0. The van der Waals surface area contributed by atoms with Crippen molar-refractivity contribution in [2.24, 2.45) is 0 Å². The normalized spacial score (nSPS) is 13.3. The number of benzene rings is 2. The third kappa shape index (κ3) is 24.2. The first-order chi connectivity index (χ1) is 37.2. The molecule has 0 aliphatic carbocycles. The Kier molecular flexibility index (Phi) is 32.4. The first-order valence-electron chi connectivity index (χ1n) is 21.3. The second kappa shape index (κ2) is 36.6. The van der Waals surface area contributed by atoms with Gasteiger partial charge in [0.2, 0.25) is 0 Å². The van der Waals surface area contributed by atoms with Crippen LogP contribution in [0.3, 0.4) is 0 Å². The average molecular weight is 1300 g/mol. The van der Waals surface area contributed by atoms with Crippen LogP contribution in [0.4, 0.5) is 22.7 Å². The smallest absolute Gasteiger partial charge is 0.103 e. The van der Waals surface area contributed by atoms with Crippen LogP contribution in [0, 0.1) is 9.93 Å². The molecule has 0 N–H and O–H groups in total. The number of carbonyl (C=O) groups is 8. The number of carbonyl (C=O) groups excluding carboxylic acids is 8. The monoisotopic (exact) mass is 1300 g/mol. The topological polar surface area (TPSA) is 533 Å².